The van der Waals surface area contributed by atoms with Gasteiger partial charge in [-0.1, -0.05) is 30.3 Å². The SMILES string of the molecule is Cc1cc(=O)n2nc(-c3ccccc3)c(=O)n(N)c2n1. The van der Waals surface area contributed by atoms with E-state index in [0.29, 0.717) is 11.3 Å². The van der Waals surface area contributed by atoms with Gasteiger partial charge in [0.1, 0.15) is 0 Å². The lowest BCUT2D eigenvalue weighted by molar-refractivity contribution is 0.767. The lowest BCUT2D eigenvalue weighted by Gasteiger charge is -2.07. The number of aromatic nitrogens is 4. The van der Waals surface area contributed by atoms with Crippen molar-refractivity contribution in [3.05, 3.63) is 62.8 Å². The maximum atomic E-state index is 12.2. The number of benzene rings is 1. The van der Waals surface area contributed by atoms with E-state index < -0.39 is 5.56 Å². The predicted molar refractivity (Wildman–Crippen MR) is 73.8 cm³/mol. The molecule has 7 nitrogen and oxygen atoms in total. The molecule has 0 unspecified atom stereocenters. The summed E-state index contributed by atoms with van der Waals surface area (Å²) in [5.74, 6) is 5.75. The molecule has 2 N–H and O–H groups in total. The summed E-state index contributed by atoms with van der Waals surface area (Å²) in [6, 6.07) is 10.2. The Labute approximate surface area is 112 Å². The van der Waals surface area contributed by atoms with Gasteiger partial charge in [-0.25, -0.2) is 4.98 Å². The first-order chi connectivity index (χ1) is 9.58. The van der Waals surface area contributed by atoms with Crippen LogP contribution in [0.25, 0.3) is 17.0 Å². The average molecular weight is 269 g/mol. The van der Waals surface area contributed by atoms with Gasteiger partial charge in [0.25, 0.3) is 16.9 Å². The van der Waals surface area contributed by atoms with E-state index >= 15 is 0 Å². The Hall–Kier alpha value is -2.96. The second kappa shape index (κ2) is 4.30. The zero-order valence-electron chi connectivity index (χ0n) is 10.6. The highest BCUT2D eigenvalue weighted by Crippen LogP contribution is 2.11. The van der Waals surface area contributed by atoms with Crippen LogP contribution >= 0.6 is 0 Å². The van der Waals surface area contributed by atoms with Crippen molar-refractivity contribution in [3.63, 3.8) is 0 Å². The van der Waals surface area contributed by atoms with Crippen LogP contribution in [0.4, 0.5) is 0 Å². The maximum Gasteiger partial charge on any atom is 0.300 e. The minimum atomic E-state index is -0.506. The molecule has 3 aromatic rings. The standard InChI is InChI=1S/C13H11N5O2/c1-8-7-10(19)18-13(15-8)17(14)12(20)11(16-18)9-5-3-2-4-6-9/h2-7H,14H2,1H3. The van der Waals surface area contributed by atoms with Crippen molar-refractivity contribution in [2.45, 2.75) is 6.92 Å². The third kappa shape index (κ3) is 1.76. The van der Waals surface area contributed by atoms with Gasteiger partial charge in [-0.15, -0.1) is 0 Å². The third-order valence-electron chi connectivity index (χ3n) is 2.89. The largest absolute Gasteiger partial charge is 0.333 e. The zero-order chi connectivity index (χ0) is 14.3. The van der Waals surface area contributed by atoms with Crippen LogP contribution in [-0.2, 0) is 0 Å². The third-order valence-corrected chi connectivity index (χ3v) is 2.89. The van der Waals surface area contributed by atoms with Gasteiger partial charge < -0.3 is 5.84 Å². The number of hydrogen-bond donors (Lipinski definition) is 1. The quantitative estimate of drug-likeness (QED) is 0.624. The van der Waals surface area contributed by atoms with Crippen molar-refractivity contribution in [1.82, 2.24) is 19.3 Å². The summed E-state index contributed by atoms with van der Waals surface area (Å²) in [5, 5.41) is 4.07. The first-order valence-electron chi connectivity index (χ1n) is 5.92. The van der Waals surface area contributed by atoms with Crippen molar-refractivity contribution >= 4 is 5.78 Å². The average Bonchev–Trinajstić information content (AvgIpc) is 2.44. The van der Waals surface area contributed by atoms with Gasteiger partial charge in [0, 0.05) is 17.3 Å². The minimum Gasteiger partial charge on any atom is -0.333 e. The van der Waals surface area contributed by atoms with Gasteiger partial charge in [-0.05, 0) is 6.92 Å². The summed E-state index contributed by atoms with van der Waals surface area (Å²) in [7, 11) is 0. The number of nitrogen functional groups attached to an aromatic ring is 1. The Bertz CT molecular complexity index is 912. The summed E-state index contributed by atoms with van der Waals surface area (Å²) in [6.45, 7) is 1.65. The van der Waals surface area contributed by atoms with Crippen molar-refractivity contribution < 1.29 is 0 Å². The molecule has 0 aliphatic heterocycles. The highest BCUT2D eigenvalue weighted by molar-refractivity contribution is 5.58. The fraction of sp³-hybridized carbons (Fsp3) is 0.0769. The molecule has 0 fully saturated rings. The number of aryl methyl sites for hydroxylation is 1. The normalized spacial score (nSPS) is 10.8. The molecule has 20 heavy (non-hydrogen) atoms. The van der Waals surface area contributed by atoms with E-state index in [9.17, 15) is 9.59 Å². The van der Waals surface area contributed by atoms with Crippen LogP contribution in [0.1, 0.15) is 5.69 Å². The molecule has 0 atom stereocenters. The number of fused-ring (bicyclic) bond motifs is 1. The van der Waals surface area contributed by atoms with E-state index in [2.05, 4.69) is 10.1 Å². The Morgan fingerprint density at radius 1 is 1.15 bits per heavy atom. The molecule has 0 radical (unpaired) electrons. The van der Waals surface area contributed by atoms with E-state index in [1.807, 2.05) is 6.07 Å². The van der Waals surface area contributed by atoms with Crippen molar-refractivity contribution in [2.75, 3.05) is 5.84 Å². The number of hydrogen-bond acceptors (Lipinski definition) is 5. The molecule has 0 aliphatic rings. The van der Waals surface area contributed by atoms with Crippen LogP contribution in [0.2, 0.25) is 0 Å². The lowest BCUT2D eigenvalue weighted by atomic mass is 10.2. The first kappa shape index (κ1) is 12.1. The van der Waals surface area contributed by atoms with Gasteiger partial charge >= 0.3 is 0 Å². The summed E-state index contributed by atoms with van der Waals surface area (Å²) in [6.07, 6.45) is 0. The molecule has 0 saturated heterocycles. The Balaban J connectivity index is 2.46. The van der Waals surface area contributed by atoms with Crippen molar-refractivity contribution in [3.8, 4) is 11.3 Å². The first-order valence-corrected chi connectivity index (χ1v) is 5.92. The molecule has 0 bridgehead atoms. The smallest absolute Gasteiger partial charge is 0.300 e. The molecule has 100 valence electrons. The van der Waals surface area contributed by atoms with Crippen LogP contribution in [-0.4, -0.2) is 19.3 Å². The molecule has 0 spiro atoms. The molecule has 2 aromatic heterocycles. The van der Waals surface area contributed by atoms with Gasteiger partial charge in [0.05, 0.1) is 0 Å². The molecule has 2 heterocycles. The molecule has 0 aliphatic carbocycles. The van der Waals surface area contributed by atoms with Gasteiger partial charge in [0.2, 0.25) is 0 Å². The fourth-order valence-electron chi connectivity index (χ4n) is 1.95. The molecular formula is C13H11N5O2. The summed E-state index contributed by atoms with van der Waals surface area (Å²) < 4.78 is 1.86. The number of nitrogens with two attached hydrogens (primary N) is 1. The van der Waals surface area contributed by atoms with E-state index in [1.54, 1.807) is 31.2 Å². The van der Waals surface area contributed by atoms with E-state index in [0.717, 1.165) is 9.19 Å². The summed E-state index contributed by atoms with van der Waals surface area (Å²) in [5.41, 5.74) is 0.278. The van der Waals surface area contributed by atoms with Gasteiger partial charge in [0.15, 0.2) is 5.69 Å². The Morgan fingerprint density at radius 2 is 1.85 bits per heavy atom. The van der Waals surface area contributed by atoms with Crippen molar-refractivity contribution in [2.24, 2.45) is 0 Å². The van der Waals surface area contributed by atoms with Gasteiger partial charge in [-0.3, -0.25) is 9.59 Å². The monoisotopic (exact) mass is 269 g/mol. The van der Waals surface area contributed by atoms with Crippen LogP contribution in [0.15, 0.2) is 46.0 Å². The van der Waals surface area contributed by atoms with Gasteiger partial charge in [-0.2, -0.15) is 14.3 Å². The number of nitrogens with zero attached hydrogens (tertiary/aromatic N) is 4. The lowest BCUT2D eigenvalue weighted by Crippen LogP contribution is -2.36. The Morgan fingerprint density at radius 3 is 2.55 bits per heavy atom. The molecule has 3 rings (SSSR count). The maximum absolute atomic E-state index is 12.2. The van der Waals surface area contributed by atoms with Crippen LogP contribution in [0.5, 0.6) is 0 Å². The molecule has 1 aromatic carbocycles. The topological polar surface area (TPSA) is 95.3 Å². The highest BCUT2D eigenvalue weighted by Gasteiger charge is 2.13. The molecule has 0 saturated carbocycles. The van der Waals surface area contributed by atoms with E-state index in [4.69, 9.17) is 5.84 Å². The Kier molecular flexibility index (Phi) is 2.60. The van der Waals surface area contributed by atoms with E-state index in [-0.39, 0.29) is 17.0 Å². The van der Waals surface area contributed by atoms with Crippen LogP contribution in [0.3, 0.4) is 0 Å². The molecule has 0 amide bonds. The fourth-order valence-corrected chi connectivity index (χ4v) is 1.95. The summed E-state index contributed by atoms with van der Waals surface area (Å²) >= 11 is 0. The highest BCUT2D eigenvalue weighted by atomic mass is 16.1. The predicted octanol–water partition coefficient (Wildman–Crippen LogP) is -0.0596. The minimum absolute atomic E-state index is 0.0136. The van der Waals surface area contributed by atoms with Crippen molar-refractivity contribution in [1.29, 1.82) is 0 Å². The van der Waals surface area contributed by atoms with Crippen LogP contribution < -0.4 is 17.0 Å². The van der Waals surface area contributed by atoms with Crippen LogP contribution in [0, 0.1) is 6.92 Å². The molecular weight excluding hydrogens is 258 g/mol. The second-order valence-electron chi connectivity index (χ2n) is 4.34. The van der Waals surface area contributed by atoms with E-state index in [1.165, 1.54) is 6.07 Å². The zero-order valence-corrected chi connectivity index (χ0v) is 10.6. The number of rotatable bonds is 1. The summed E-state index contributed by atoms with van der Waals surface area (Å²) in [4.78, 5) is 28.2. The second-order valence-corrected chi connectivity index (χ2v) is 4.34. The molecule has 7 heteroatoms.